The van der Waals surface area contributed by atoms with Crippen molar-refractivity contribution in [1.29, 1.82) is 0 Å². The number of rotatable bonds is 4. The molecule has 1 unspecified atom stereocenters. The lowest BCUT2D eigenvalue weighted by molar-refractivity contribution is -0.118. The molecule has 2 N–H and O–H groups in total. The van der Waals surface area contributed by atoms with Crippen LogP contribution >= 0.6 is 0 Å². The van der Waals surface area contributed by atoms with E-state index in [-0.39, 0.29) is 17.7 Å². The molecule has 28 heavy (non-hydrogen) atoms. The van der Waals surface area contributed by atoms with Crippen LogP contribution in [0.5, 0.6) is 0 Å². The van der Waals surface area contributed by atoms with E-state index in [9.17, 15) is 9.59 Å². The number of amides is 2. The lowest BCUT2D eigenvalue weighted by Gasteiger charge is -2.29. The van der Waals surface area contributed by atoms with Gasteiger partial charge >= 0.3 is 0 Å². The van der Waals surface area contributed by atoms with Gasteiger partial charge in [0.15, 0.2) is 0 Å². The summed E-state index contributed by atoms with van der Waals surface area (Å²) in [5.74, 6) is -0.438. The summed E-state index contributed by atoms with van der Waals surface area (Å²) in [6.45, 7) is 3.20. The molecule has 6 heteroatoms. The molecule has 2 amide bonds. The number of pyridine rings is 1. The molecule has 0 saturated carbocycles. The van der Waals surface area contributed by atoms with Gasteiger partial charge in [-0.3, -0.25) is 14.6 Å². The van der Waals surface area contributed by atoms with Gasteiger partial charge in [0.1, 0.15) is 0 Å². The topological polar surface area (TPSA) is 74.3 Å². The summed E-state index contributed by atoms with van der Waals surface area (Å²) in [6.07, 6.45) is 10.1. The van der Waals surface area contributed by atoms with Crippen LogP contribution in [0.25, 0.3) is 0 Å². The standard InChI is InChI=1S/C22H22N4O2/c1-2-26-19-8-4-3-7-17(19)22(28)25-18-12-16(9-10-20(18)26)21(27)24-14-15-6-5-11-23-13-15/h3-6,8-13,17H,2,7,14H2,1H3,(H,24,27)(H,25,28). The molecular weight excluding hydrogens is 352 g/mol. The maximum atomic E-state index is 12.7. The van der Waals surface area contributed by atoms with Crippen molar-refractivity contribution in [2.75, 3.05) is 16.8 Å². The summed E-state index contributed by atoms with van der Waals surface area (Å²) in [6, 6.07) is 9.19. The second-order valence-electron chi connectivity index (χ2n) is 6.82. The van der Waals surface area contributed by atoms with Crippen LogP contribution in [0.15, 0.2) is 66.7 Å². The van der Waals surface area contributed by atoms with Crippen LogP contribution in [0.2, 0.25) is 0 Å². The number of nitrogens with zero attached hydrogens (tertiary/aromatic N) is 2. The van der Waals surface area contributed by atoms with E-state index in [0.717, 1.165) is 23.5 Å². The quantitative estimate of drug-likeness (QED) is 0.862. The average molecular weight is 374 g/mol. The van der Waals surface area contributed by atoms with E-state index in [4.69, 9.17) is 0 Å². The lowest BCUT2D eigenvalue weighted by atomic mass is 9.95. The molecule has 1 atom stereocenters. The number of hydrogen-bond donors (Lipinski definition) is 2. The molecule has 2 aliphatic rings. The number of benzene rings is 1. The minimum atomic E-state index is -0.208. The van der Waals surface area contributed by atoms with Gasteiger partial charge in [0.25, 0.3) is 5.91 Å². The van der Waals surface area contributed by atoms with Crippen molar-refractivity contribution in [2.45, 2.75) is 19.9 Å². The minimum absolute atomic E-state index is 0.0410. The third-order valence-corrected chi connectivity index (χ3v) is 5.06. The zero-order chi connectivity index (χ0) is 19.5. The molecule has 2 heterocycles. The summed E-state index contributed by atoms with van der Waals surface area (Å²) < 4.78 is 0. The van der Waals surface area contributed by atoms with Gasteiger partial charge in [-0.15, -0.1) is 0 Å². The molecule has 2 aromatic rings. The average Bonchev–Trinajstić information content (AvgIpc) is 2.86. The summed E-state index contributed by atoms with van der Waals surface area (Å²) in [7, 11) is 0. The SMILES string of the molecule is CCN1C2=CC=CCC2C(=O)Nc2cc(C(=O)NCc3cccnc3)ccc21. The Morgan fingerprint density at radius 1 is 1.36 bits per heavy atom. The normalized spacial score (nSPS) is 17.8. The number of allylic oxidation sites excluding steroid dienone is 3. The molecule has 4 rings (SSSR count). The van der Waals surface area contributed by atoms with E-state index < -0.39 is 0 Å². The first-order valence-corrected chi connectivity index (χ1v) is 9.43. The molecule has 1 aromatic carbocycles. The molecule has 0 spiro atoms. The second-order valence-corrected chi connectivity index (χ2v) is 6.82. The van der Waals surface area contributed by atoms with E-state index in [2.05, 4.69) is 27.4 Å². The van der Waals surface area contributed by atoms with Crippen LogP contribution in [0, 0.1) is 5.92 Å². The van der Waals surface area contributed by atoms with Crippen molar-refractivity contribution < 1.29 is 9.59 Å². The number of carbonyl (C=O) groups is 2. The third-order valence-electron chi connectivity index (χ3n) is 5.06. The first kappa shape index (κ1) is 18.0. The predicted molar refractivity (Wildman–Crippen MR) is 109 cm³/mol. The Bertz CT molecular complexity index is 966. The highest BCUT2D eigenvalue weighted by Gasteiger charge is 2.32. The largest absolute Gasteiger partial charge is 0.348 e. The van der Waals surface area contributed by atoms with Crippen molar-refractivity contribution in [3.05, 3.63) is 77.8 Å². The Hall–Kier alpha value is -3.41. The zero-order valence-corrected chi connectivity index (χ0v) is 15.7. The van der Waals surface area contributed by atoms with Crippen LogP contribution in [0.4, 0.5) is 11.4 Å². The van der Waals surface area contributed by atoms with E-state index in [1.165, 1.54) is 0 Å². The summed E-state index contributed by atoms with van der Waals surface area (Å²) in [4.78, 5) is 31.5. The minimum Gasteiger partial charge on any atom is -0.348 e. The Kier molecular flexibility index (Phi) is 4.93. The Labute approximate surface area is 164 Å². The van der Waals surface area contributed by atoms with Crippen molar-refractivity contribution in [3.63, 3.8) is 0 Å². The lowest BCUT2D eigenvalue weighted by Crippen LogP contribution is -2.30. The Balaban J connectivity index is 1.60. The Morgan fingerprint density at radius 3 is 3.04 bits per heavy atom. The van der Waals surface area contributed by atoms with Gasteiger partial charge in [0.05, 0.1) is 17.3 Å². The maximum Gasteiger partial charge on any atom is 0.251 e. The molecule has 0 bridgehead atoms. The van der Waals surface area contributed by atoms with Crippen molar-refractivity contribution in [2.24, 2.45) is 5.92 Å². The number of hydrogen-bond acceptors (Lipinski definition) is 4. The molecule has 142 valence electrons. The number of anilines is 2. The third kappa shape index (κ3) is 3.41. The van der Waals surface area contributed by atoms with Gasteiger partial charge in [0.2, 0.25) is 5.91 Å². The molecular formula is C22H22N4O2. The highest BCUT2D eigenvalue weighted by molar-refractivity contribution is 6.03. The van der Waals surface area contributed by atoms with Crippen molar-refractivity contribution >= 4 is 23.2 Å². The number of aromatic nitrogens is 1. The van der Waals surface area contributed by atoms with Gasteiger partial charge in [-0.05, 0) is 49.2 Å². The fourth-order valence-electron chi connectivity index (χ4n) is 3.65. The van der Waals surface area contributed by atoms with Crippen LogP contribution in [0.3, 0.4) is 0 Å². The Morgan fingerprint density at radius 2 is 2.25 bits per heavy atom. The molecule has 0 radical (unpaired) electrons. The van der Waals surface area contributed by atoms with E-state index in [0.29, 0.717) is 24.2 Å². The maximum absolute atomic E-state index is 12.7. The number of carbonyl (C=O) groups excluding carboxylic acids is 2. The molecule has 1 aliphatic carbocycles. The molecule has 1 aromatic heterocycles. The molecule has 0 fully saturated rings. The van der Waals surface area contributed by atoms with Gasteiger partial charge in [0, 0.05) is 36.7 Å². The van der Waals surface area contributed by atoms with E-state index in [1.807, 2.05) is 36.4 Å². The smallest absolute Gasteiger partial charge is 0.251 e. The van der Waals surface area contributed by atoms with Crippen molar-refractivity contribution in [1.82, 2.24) is 10.3 Å². The summed E-state index contributed by atoms with van der Waals surface area (Å²) in [5.41, 5.74) is 4.01. The molecule has 1 aliphatic heterocycles. The molecule has 6 nitrogen and oxygen atoms in total. The fourth-order valence-corrected chi connectivity index (χ4v) is 3.65. The van der Waals surface area contributed by atoms with Crippen molar-refractivity contribution in [3.8, 4) is 0 Å². The van der Waals surface area contributed by atoms with Gasteiger partial charge in [-0.2, -0.15) is 0 Å². The first-order chi connectivity index (χ1) is 13.7. The summed E-state index contributed by atoms with van der Waals surface area (Å²) in [5, 5.41) is 5.91. The van der Waals surface area contributed by atoms with Crippen LogP contribution < -0.4 is 15.5 Å². The fraction of sp³-hybridized carbons (Fsp3) is 0.227. The highest BCUT2D eigenvalue weighted by Crippen LogP contribution is 2.38. The van der Waals surface area contributed by atoms with E-state index >= 15 is 0 Å². The predicted octanol–water partition coefficient (Wildman–Crippen LogP) is 3.25. The number of fused-ring (bicyclic) bond motifs is 2. The number of nitrogens with one attached hydrogen (secondary N) is 2. The highest BCUT2D eigenvalue weighted by atomic mass is 16.2. The zero-order valence-electron chi connectivity index (χ0n) is 15.7. The first-order valence-electron chi connectivity index (χ1n) is 9.43. The molecule has 0 saturated heterocycles. The van der Waals surface area contributed by atoms with Crippen LogP contribution in [-0.2, 0) is 11.3 Å². The van der Waals surface area contributed by atoms with Crippen LogP contribution in [-0.4, -0.2) is 23.3 Å². The monoisotopic (exact) mass is 374 g/mol. The van der Waals surface area contributed by atoms with Gasteiger partial charge in [-0.25, -0.2) is 0 Å². The summed E-state index contributed by atoms with van der Waals surface area (Å²) >= 11 is 0. The second kappa shape index (κ2) is 7.68. The van der Waals surface area contributed by atoms with Gasteiger partial charge < -0.3 is 15.5 Å². The van der Waals surface area contributed by atoms with Crippen LogP contribution in [0.1, 0.15) is 29.3 Å². The van der Waals surface area contributed by atoms with E-state index in [1.54, 1.807) is 24.5 Å². The van der Waals surface area contributed by atoms with Gasteiger partial charge in [-0.1, -0.05) is 18.2 Å².